The zero-order chi connectivity index (χ0) is 13.7. The van der Waals surface area contributed by atoms with Crippen molar-refractivity contribution >= 4 is 23.7 Å². The third kappa shape index (κ3) is 3.41. The lowest BCUT2D eigenvalue weighted by Crippen LogP contribution is -2.23. The Morgan fingerprint density at radius 2 is 2.32 bits per heavy atom. The molecule has 3 N–H and O–H groups in total. The minimum absolute atomic E-state index is 0.0223. The van der Waals surface area contributed by atoms with Gasteiger partial charge in [0.05, 0.1) is 0 Å². The summed E-state index contributed by atoms with van der Waals surface area (Å²) in [7, 11) is 0. The fourth-order valence-electron chi connectivity index (χ4n) is 1.46. The molecule has 1 amide bonds. The molecule has 0 atom stereocenters. The number of amides is 1. The Kier molecular flexibility index (Phi) is 3.92. The van der Waals surface area contributed by atoms with Crippen LogP contribution in [-0.4, -0.2) is 22.6 Å². The third-order valence-electron chi connectivity index (χ3n) is 2.31. The molecule has 1 aromatic carbocycles. The minimum Gasteiger partial charge on any atom is -0.399 e. The molecule has 0 aliphatic heterocycles. The number of anilines is 1. The number of nitrogens with one attached hydrogen (secondary N) is 1. The molecule has 2 aromatic rings. The van der Waals surface area contributed by atoms with Crippen molar-refractivity contribution in [1.29, 1.82) is 0 Å². The maximum Gasteiger partial charge on any atom is 0.292 e. The van der Waals surface area contributed by atoms with Gasteiger partial charge in [0.25, 0.3) is 17.6 Å². The number of carbonyl (C=O) groups is 1. The summed E-state index contributed by atoms with van der Waals surface area (Å²) in [5, 5.41) is 6.18. The molecule has 0 aliphatic carbocycles. The van der Waals surface area contributed by atoms with Gasteiger partial charge in [-0.3, -0.25) is 4.79 Å². The highest BCUT2D eigenvalue weighted by Crippen LogP contribution is 2.10. The number of hydrogen-bond acceptors (Lipinski definition) is 5. The molecule has 98 valence electrons. The second-order valence-corrected chi connectivity index (χ2v) is 3.82. The molecule has 6 heteroatoms. The predicted octanol–water partition coefficient (Wildman–Crippen LogP) is 1.57. The predicted molar refractivity (Wildman–Crippen MR) is 72.1 cm³/mol. The van der Waals surface area contributed by atoms with Gasteiger partial charge < -0.3 is 15.6 Å². The summed E-state index contributed by atoms with van der Waals surface area (Å²) in [6, 6.07) is 7.37. The van der Waals surface area contributed by atoms with E-state index in [1.54, 1.807) is 18.2 Å². The van der Waals surface area contributed by atoms with Crippen molar-refractivity contribution in [1.82, 2.24) is 15.5 Å². The molecule has 0 spiro atoms. The summed E-state index contributed by atoms with van der Waals surface area (Å²) in [6.45, 7) is 2.33. The van der Waals surface area contributed by atoms with Gasteiger partial charge in [-0.25, -0.2) is 0 Å². The van der Waals surface area contributed by atoms with E-state index in [-0.39, 0.29) is 17.6 Å². The number of carbonyl (C=O) groups excluding carboxylic acids is 1. The molecule has 1 heterocycles. The highest BCUT2D eigenvalue weighted by Gasteiger charge is 2.11. The number of hydrogen-bond donors (Lipinski definition) is 2. The minimum atomic E-state index is -0.352. The molecule has 1 aromatic heterocycles. The normalized spacial score (nSPS) is 10.8. The molecule has 0 fully saturated rings. The maximum absolute atomic E-state index is 11.4. The Hall–Kier alpha value is -2.63. The van der Waals surface area contributed by atoms with Crippen LogP contribution in [0.3, 0.4) is 0 Å². The zero-order valence-corrected chi connectivity index (χ0v) is 10.5. The molecule has 6 nitrogen and oxygen atoms in total. The summed E-state index contributed by atoms with van der Waals surface area (Å²) in [5.41, 5.74) is 7.26. The van der Waals surface area contributed by atoms with Crippen LogP contribution in [0, 0.1) is 0 Å². The van der Waals surface area contributed by atoms with Crippen LogP contribution in [0.1, 0.15) is 29.0 Å². The molecule has 19 heavy (non-hydrogen) atoms. The first-order valence-electron chi connectivity index (χ1n) is 5.84. The second kappa shape index (κ2) is 5.81. The number of benzene rings is 1. The lowest BCUT2D eigenvalue weighted by molar-refractivity contribution is 0.0942. The summed E-state index contributed by atoms with van der Waals surface area (Å²) in [6.07, 6.45) is 3.41. The van der Waals surface area contributed by atoms with E-state index in [0.29, 0.717) is 12.2 Å². The van der Waals surface area contributed by atoms with Gasteiger partial charge in [-0.2, -0.15) is 4.98 Å². The van der Waals surface area contributed by atoms with E-state index >= 15 is 0 Å². The SMILES string of the molecule is CCNC(=O)c1noc(/C=C/c2cccc(N)c2)n1. The van der Waals surface area contributed by atoms with Gasteiger partial charge in [-0.15, -0.1) is 0 Å². The largest absolute Gasteiger partial charge is 0.399 e. The van der Waals surface area contributed by atoms with Crippen molar-refractivity contribution in [2.75, 3.05) is 12.3 Å². The zero-order valence-electron chi connectivity index (χ0n) is 10.5. The molecule has 0 saturated heterocycles. The highest BCUT2D eigenvalue weighted by molar-refractivity contribution is 5.90. The van der Waals surface area contributed by atoms with Crippen molar-refractivity contribution in [3.8, 4) is 0 Å². The number of nitrogens with two attached hydrogens (primary N) is 1. The van der Waals surface area contributed by atoms with Gasteiger partial charge in [0.15, 0.2) is 0 Å². The monoisotopic (exact) mass is 258 g/mol. The highest BCUT2D eigenvalue weighted by atomic mass is 16.5. The average molecular weight is 258 g/mol. The van der Waals surface area contributed by atoms with Gasteiger partial charge in [-0.05, 0) is 30.7 Å². The van der Waals surface area contributed by atoms with Crippen molar-refractivity contribution in [3.05, 3.63) is 41.5 Å². The average Bonchev–Trinajstić information content (AvgIpc) is 2.86. The van der Waals surface area contributed by atoms with E-state index in [4.69, 9.17) is 10.3 Å². The Morgan fingerprint density at radius 3 is 3.05 bits per heavy atom. The van der Waals surface area contributed by atoms with Crippen LogP contribution in [0.4, 0.5) is 5.69 Å². The number of rotatable bonds is 4. The van der Waals surface area contributed by atoms with Crippen molar-refractivity contribution in [3.63, 3.8) is 0 Å². The number of aromatic nitrogens is 2. The van der Waals surface area contributed by atoms with E-state index < -0.39 is 0 Å². The van der Waals surface area contributed by atoms with E-state index in [0.717, 1.165) is 5.56 Å². The molecule has 0 aliphatic rings. The van der Waals surface area contributed by atoms with Crippen LogP contribution in [0.25, 0.3) is 12.2 Å². The Morgan fingerprint density at radius 1 is 1.47 bits per heavy atom. The summed E-state index contributed by atoms with van der Waals surface area (Å²) < 4.78 is 4.94. The van der Waals surface area contributed by atoms with E-state index in [1.807, 2.05) is 25.1 Å². The van der Waals surface area contributed by atoms with Gasteiger partial charge >= 0.3 is 0 Å². The summed E-state index contributed by atoms with van der Waals surface area (Å²) in [5.74, 6) is -0.0624. The Labute approximate surface area is 110 Å². The molecular formula is C13H14N4O2. The van der Waals surface area contributed by atoms with Gasteiger partial charge in [0, 0.05) is 18.3 Å². The smallest absolute Gasteiger partial charge is 0.292 e. The molecule has 0 radical (unpaired) electrons. The standard InChI is InChI=1S/C13H14N4O2/c1-2-15-13(18)12-16-11(19-17-12)7-6-9-4-3-5-10(14)8-9/h3-8H,2,14H2,1H3,(H,15,18)/b7-6+. The lowest BCUT2D eigenvalue weighted by atomic mass is 10.2. The van der Waals surface area contributed by atoms with Crippen LogP contribution in [0.2, 0.25) is 0 Å². The van der Waals surface area contributed by atoms with E-state index in [2.05, 4.69) is 15.5 Å². The first kappa shape index (κ1) is 12.8. The quantitative estimate of drug-likeness (QED) is 0.812. The Balaban J connectivity index is 2.09. The summed E-state index contributed by atoms with van der Waals surface area (Å²) >= 11 is 0. The fraction of sp³-hybridized carbons (Fsp3) is 0.154. The van der Waals surface area contributed by atoms with Crippen LogP contribution < -0.4 is 11.1 Å². The molecule has 2 rings (SSSR count). The van der Waals surface area contributed by atoms with Gasteiger partial charge in [-0.1, -0.05) is 17.3 Å². The van der Waals surface area contributed by atoms with Crippen molar-refractivity contribution < 1.29 is 9.32 Å². The van der Waals surface area contributed by atoms with Crippen molar-refractivity contribution in [2.24, 2.45) is 0 Å². The van der Waals surface area contributed by atoms with Crippen LogP contribution in [-0.2, 0) is 0 Å². The molecule has 0 bridgehead atoms. The summed E-state index contributed by atoms with van der Waals surface area (Å²) in [4.78, 5) is 15.4. The molecule has 0 unspecified atom stereocenters. The van der Waals surface area contributed by atoms with E-state index in [1.165, 1.54) is 0 Å². The molecule has 0 saturated carbocycles. The van der Waals surface area contributed by atoms with Gasteiger partial charge in [0.1, 0.15) is 0 Å². The molecular weight excluding hydrogens is 244 g/mol. The third-order valence-corrected chi connectivity index (χ3v) is 2.31. The number of nitrogen functional groups attached to an aromatic ring is 1. The van der Waals surface area contributed by atoms with Crippen molar-refractivity contribution in [2.45, 2.75) is 6.92 Å². The van der Waals surface area contributed by atoms with Crippen LogP contribution in [0.15, 0.2) is 28.8 Å². The Bertz CT molecular complexity index is 604. The number of nitrogens with zero attached hydrogens (tertiary/aromatic N) is 2. The lowest BCUT2D eigenvalue weighted by Gasteiger charge is -1.94. The first-order valence-corrected chi connectivity index (χ1v) is 5.84. The van der Waals surface area contributed by atoms with E-state index in [9.17, 15) is 4.79 Å². The van der Waals surface area contributed by atoms with Gasteiger partial charge in [0.2, 0.25) is 0 Å². The fourth-order valence-corrected chi connectivity index (χ4v) is 1.46. The maximum atomic E-state index is 11.4. The second-order valence-electron chi connectivity index (χ2n) is 3.82. The topological polar surface area (TPSA) is 94.0 Å². The first-order chi connectivity index (χ1) is 9.19. The van der Waals surface area contributed by atoms with Crippen LogP contribution in [0.5, 0.6) is 0 Å². The van der Waals surface area contributed by atoms with Crippen LogP contribution >= 0.6 is 0 Å².